The molecule has 1 amide bonds. The van der Waals surface area contributed by atoms with Gasteiger partial charge in [-0.2, -0.15) is 0 Å². The molecule has 4 heteroatoms. The first-order chi connectivity index (χ1) is 7.11. The number of hydrogen-bond donors (Lipinski definition) is 1. The van der Waals surface area contributed by atoms with E-state index in [2.05, 4.69) is 18.8 Å². The summed E-state index contributed by atoms with van der Waals surface area (Å²) in [6.07, 6.45) is 3.32. The maximum atomic E-state index is 11.1. The van der Waals surface area contributed by atoms with Crippen molar-refractivity contribution in [2.45, 2.75) is 19.8 Å². The fraction of sp³-hybridized carbons (Fsp3) is 0.273. The molecule has 78 valence electrons. The predicted octanol–water partition coefficient (Wildman–Crippen LogP) is 1.56. The van der Waals surface area contributed by atoms with Crippen LogP contribution in [0.5, 0.6) is 0 Å². The standard InChI is InChI=1S/C11H13N3O/c1-7(2)8-4-3-5-14-9(10(12)15)6-13-11(8)14/h3-7H,1-2H3,(H2,12,15). The lowest BCUT2D eigenvalue weighted by Gasteiger charge is -2.06. The molecule has 2 rings (SSSR count). The highest BCUT2D eigenvalue weighted by molar-refractivity contribution is 5.91. The number of nitrogens with zero attached hydrogens (tertiary/aromatic N) is 2. The van der Waals surface area contributed by atoms with E-state index in [-0.39, 0.29) is 0 Å². The van der Waals surface area contributed by atoms with Crippen LogP contribution >= 0.6 is 0 Å². The zero-order valence-electron chi connectivity index (χ0n) is 8.77. The predicted molar refractivity (Wildman–Crippen MR) is 57.8 cm³/mol. The number of primary amides is 1. The minimum Gasteiger partial charge on any atom is -0.364 e. The number of imidazole rings is 1. The average molecular weight is 203 g/mol. The lowest BCUT2D eigenvalue weighted by Crippen LogP contribution is -2.13. The summed E-state index contributed by atoms with van der Waals surface area (Å²) in [7, 11) is 0. The maximum Gasteiger partial charge on any atom is 0.267 e. The Kier molecular flexibility index (Phi) is 2.19. The Hall–Kier alpha value is -1.84. The topological polar surface area (TPSA) is 60.4 Å². The van der Waals surface area contributed by atoms with Gasteiger partial charge in [0.25, 0.3) is 5.91 Å². The van der Waals surface area contributed by atoms with Crippen molar-refractivity contribution in [3.63, 3.8) is 0 Å². The highest BCUT2D eigenvalue weighted by atomic mass is 16.1. The number of amides is 1. The average Bonchev–Trinajstić information content (AvgIpc) is 2.59. The van der Waals surface area contributed by atoms with Gasteiger partial charge in [-0.1, -0.05) is 19.9 Å². The molecule has 0 saturated carbocycles. The van der Waals surface area contributed by atoms with Gasteiger partial charge in [-0.05, 0) is 17.5 Å². The Morgan fingerprint density at radius 1 is 1.53 bits per heavy atom. The Bertz CT molecular complexity index is 514. The van der Waals surface area contributed by atoms with Crippen molar-refractivity contribution in [3.8, 4) is 0 Å². The number of carbonyl (C=O) groups is 1. The minimum absolute atomic E-state index is 0.372. The molecule has 0 aliphatic carbocycles. The monoisotopic (exact) mass is 203 g/mol. The van der Waals surface area contributed by atoms with Crippen LogP contribution in [0.1, 0.15) is 35.8 Å². The van der Waals surface area contributed by atoms with E-state index in [1.54, 1.807) is 10.6 Å². The van der Waals surface area contributed by atoms with Gasteiger partial charge in [0.1, 0.15) is 11.3 Å². The van der Waals surface area contributed by atoms with Crippen molar-refractivity contribution < 1.29 is 4.79 Å². The van der Waals surface area contributed by atoms with Crippen molar-refractivity contribution in [1.29, 1.82) is 0 Å². The summed E-state index contributed by atoms with van der Waals surface area (Å²) >= 11 is 0. The summed E-state index contributed by atoms with van der Waals surface area (Å²) in [5.41, 5.74) is 7.60. The molecule has 2 aromatic heterocycles. The number of carbonyl (C=O) groups excluding carboxylic acids is 1. The molecule has 0 aliphatic rings. The molecule has 15 heavy (non-hydrogen) atoms. The van der Waals surface area contributed by atoms with Crippen LogP contribution in [0.4, 0.5) is 0 Å². The first-order valence-electron chi connectivity index (χ1n) is 4.87. The largest absolute Gasteiger partial charge is 0.364 e. The first-order valence-corrected chi connectivity index (χ1v) is 4.87. The van der Waals surface area contributed by atoms with Crippen molar-refractivity contribution in [2.75, 3.05) is 0 Å². The molecule has 2 heterocycles. The van der Waals surface area contributed by atoms with E-state index in [1.165, 1.54) is 6.20 Å². The third-order valence-corrected chi connectivity index (χ3v) is 2.44. The molecule has 0 radical (unpaired) electrons. The second kappa shape index (κ2) is 3.38. The Morgan fingerprint density at radius 2 is 2.27 bits per heavy atom. The second-order valence-electron chi connectivity index (χ2n) is 3.82. The van der Waals surface area contributed by atoms with Crippen molar-refractivity contribution in [3.05, 3.63) is 35.8 Å². The number of nitrogens with two attached hydrogens (primary N) is 1. The van der Waals surface area contributed by atoms with Gasteiger partial charge < -0.3 is 5.73 Å². The first kappa shape index (κ1) is 9.71. The van der Waals surface area contributed by atoms with Gasteiger partial charge in [-0.25, -0.2) is 4.98 Å². The summed E-state index contributed by atoms with van der Waals surface area (Å²) in [6.45, 7) is 4.18. The molecular formula is C11H13N3O. The zero-order chi connectivity index (χ0) is 11.0. The molecule has 4 nitrogen and oxygen atoms in total. The van der Waals surface area contributed by atoms with Crippen LogP contribution in [-0.2, 0) is 0 Å². The normalized spacial score (nSPS) is 11.1. The van der Waals surface area contributed by atoms with E-state index in [0.717, 1.165) is 11.2 Å². The molecule has 0 fully saturated rings. The molecule has 0 spiro atoms. The lowest BCUT2D eigenvalue weighted by molar-refractivity contribution is 0.0995. The highest BCUT2D eigenvalue weighted by Crippen LogP contribution is 2.19. The Labute approximate surface area is 87.7 Å². The van der Waals surface area contributed by atoms with Crippen LogP contribution in [0.15, 0.2) is 24.5 Å². The van der Waals surface area contributed by atoms with E-state index >= 15 is 0 Å². The van der Waals surface area contributed by atoms with Crippen molar-refractivity contribution >= 4 is 11.6 Å². The van der Waals surface area contributed by atoms with Gasteiger partial charge >= 0.3 is 0 Å². The minimum atomic E-state index is -0.455. The number of pyridine rings is 1. The summed E-state index contributed by atoms with van der Waals surface area (Å²) in [6, 6.07) is 3.91. The Morgan fingerprint density at radius 3 is 2.87 bits per heavy atom. The van der Waals surface area contributed by atoms with Gasteiger partial charge in [-0.15, -0.1) is 0 Å². The van der Waals surface area contributed by atoms with E-state index in [9.17, 15) is 4.79 Å². The fourth-order valence-electron chi connectivity index (χ4n) is 1.67. The van der Waals surface area contributed by atoms with Gasteiger partial charge in [-0.3, -0.25) is 9.20 Å². The van der Waals surface area contributed by atoms with Gasteiger partial charge in [0.05, 0.1) is 6.20 Å². The number of hydrogen-bond acceptors (Lipinski definition) is 2. The molecule has 0 bridgehead atoms. The van der Waals surface area contributed by atoms with Crippen LogP contribution in [0, 0.1) is 0 Å². The summed E-state index contributed by atoms with van der Waals surface area (Å²) in [4.78, 5) is 15.3. The van der Waals surface area contributed by atoms with Crippen LogP contribution < -0.4 is 5.73 Å². The quantitative estimate of drug-likeness (QED) is 0.805. The van der Waals surface area contributed by atoms with Gasteiger partial charge in [0.2, 0.25) is 0 Å². The summed E-state index contributed by atoms with van der Waals surface area (Å²) < 4.78 is 1.73. The van der Waals surface area contributed by atoms with E-state index in [1.807, 2.05) is 12.1 Å². The fourth-order valence-corrected chi connectivity index (χ4v) is 1.67. The number of aromatic nitrogens is 2. The molecule has 0 aromatic carbocycles. The smallest absolute Gasteiger partial charge is 0.267 e. The van der Waals surface area contributed by atoms with Crippen LogP contribution in [0.25, 0.3) is 5.65 Å². The van der Waals surface area contributed by atoms with Gasteiger partial charge in [0.15, 0.2) is 0 Å². The maximum absolute atomic E-state index is 11.1. The van der Waals surface area contributed by atoms with E-state index < -0.39 is 5.91 Å². The van der Waals surface area contributed by atoms with Crippen molar-refractivity contribution in [2.24, 2.45) is 5.73 Å². The SMILES string of the molecule is CC(C)c1cccn2c(C(N)=O)cnc12. The zero-order valence-corrected chi connectivity index (χ0v) is 8.77. The second-order valence-corrected chi connectivity index (χ2v) is 3.82. The summed E-state index contributed by atoms with van der Waals surface area (Å²) in [5.74, 6) is -0.0831. The van der Waals surface area contributed by atoms with Crippen LogP contribution in [0.2, 0.25) is 0 Å². The van der Waals surface area contributed by atoms with Crippen LogP contribution in [-0.4, -0.2) is 15.3 Å². The molecule has 2 aromatic rings. The highest BCUT2D eigenvalue weighted by Gasteiger charge is 2.12. The molecule has 0 saturated heterocycles. The third kappa shape index (κ3) is 1.48. The molecule has 2 N–H and O–H groups in total. The number of rotatable bonds is 2. The van der Waals surface area contributed by atoms with Crippen LogP contribution in [0.3, 0.4) is 0 Å². The van der Waals surface area contributed by atoms with E-state index in [0.29, 0.717) is 11.6 Å². The Balaban J connectivity index is 2.74. The molecular weight excluding hydrogens is 190 g/mol. The van der Waals surface area contributed by atoms with Gasteiger partial charge in [0, 0.05) is 6.20 Å². The molecule has 0 aliphatic heterocycles. The number of fused-ring (bicyclic) bond motifs is 1. The lowest BCUT2D eigenvalue weighted by atomic mass is 10.1. The summed E-state index contributed by atoms with van der Waals surface area (Å²) in [5, 5.41) is 0. The van der Waals surface area contributed by atoms with E-state index in [4.69, 9.17) is 5.73 Å². The molecule has 0 unspecified atom stereocenters. The third-order valence-electron chi connectivity index (χ3n) is 2.44. The molecule has 0 atom stereocenters. The van der Waals surface area contributed by atoms with Crippen molar-refractivity contribution in [1.82, 2.24) is 9.38 Å².